The third-order valence-electron chi connectivity index (χ3n) is 3.42. The zero-order valence-corrected chi connectivity index (χ0v) is 12.1. The maximum atomic E-state index is 2.33. The fraction of sp³-hybridized carbons (Fsp3) is 0.294. The van der Waals surface area contributed by atoms with Gasteiger partial charge in [-0.05, 0) is 38.0 Å². The Morgan fingerprint density at radius 3 is 2.11 bits per heavy atom. The molecule has 0 N–H and O–H groups in total. The van der Waals surface area contributed by atoms with Gasteiger partial charge in [-0.15, -0.1) is 11.8 Å². The van der Waals surface area contributed by atoms with Crippen molar-refractivity contribution in [3.05, 3.63) is 65.7 Å². The molecule has 0 radical (unpaired) electrons. The predicted octanol–water partition coefficient (Wildman–Crippen LogP) is 5.41. The molecule has 2 rings (SSSR count). The SMILES string of the molecule is CC[C@@](C)(Sc1ccc(C)cc1)c1ccccc1. The minimum atomic E-state index is 0.149. The van der Waals surface area contributed by atoms with E-state index in [1.165, 1.54) is 16.0 Å². The van der Waals surface area contributed by atoms with Crippen LogP contribution in [-0.4, -0.2) is 0 Å². The molecule has 0 unspecified atom stereocenters. The summed E-state index contributed by atoms with van der Waals surface area (Å²) in [6.07, 6.45) is 1.12. The quantitative estimate of drug-likeness (QED) is 0.659. The lowest BCUT2D eigenvalue weighted by Gasteiger charge is -2.28. The van der Waals surface area contributed by atoms with Crippen molar-refractivity contribution in [1.29, 1.82) is 0 Å². The maximum Gasteiger partial charge on any atom is 0.0424 e. The molecule has 1 heteroatoms. The summed E-state index contributed by atoms with van der Waals surface area (Å²) in [5, 5.41) is 0. The van der Waals surface area contributed by atoms with Crippen LogP contribution < -0.4 is 0 Å². The van der Waals surface area contributed by atoms with Gasteiger partial charge in [0.1, 0.15) is 0 Å². The molecule has 0 saturated carbocycles. The molecule has 0 saturated heterocycles. The minimum absolute atomic E-state index is 0.149. The maximum absolute atomic E-state index is 2.33. The van der Waals surface area contributed by atoms with Gasteiger partial charge < -0.3 is 0 Å². The Morgan fingerprint density at radius 1 is 0.944 bits per heavy atom. The van der Waals surface area contributed by atoms with Gasteiger partial charge in [-0.2, -0.15) is 0 Å². The van der Waals surface area contributed by atoms with Crippen molar-refractivity contribution >= 4 is 11.8 Å². The van der Waals surface area contributed by atoms with E-state index in [4.69, 9.17) is 0 Å². The lowest BCUT2D eigenvalue weighted by atomic mass is 9.98. The molecule has 1 atom stereocenters. The molecule has 0 aromatic heterocycles. The van der Waals surface area contributed by atoms with Crippen LogP contribution in [0.5, 0.6) is 0 Å². The van der Waals surface area contributed by atoms with E-state index in [2.05, 4.69) is 75.4 Å². The van der Waals surface area contributed by atoms with Gasteiger partial charge in [0.25, 0.3) is 0 Å². The second-order valence-corrected chi connectivity index (χ2v) is 6.44. The Balaban J connectivity index is 2.26. The highest BCUT2D eigenvalue weighted by Crippen LogP contribution is 2.43. The summed E-state index contributed by atoms with van der Waals surface area (Å²) < 4.78 is 0.149. The summed E-state index contributed by atoms with van der Waals surface area (Å²) in [6, 6.07) is 19.6. The van der Waals surface area contributed by atoms with Gasteiger partial charge in [-0.25, -0.2) is 0 Å². The summed E-state index contributed by atoms with van der Waals surface area (Å²) in [5.74, 6) is 0. The van der Waals surface area contributed by atoms with Crippen LogP contribution in [0.4, 0.5) is 0 Å². The molecule has 2 aromatic carbocycles. The average Bonchev–Trinajstić information content (AvgIpc) is 2.42. The molecule has 0 aliphatic rings. The molecular weight excluding hydrogens is 236 g/mol. The Morgan fingerprint density at radius 2 is 1.56 bits per heavy atom. The first-order valence-electron chi connectivity index (χ1n) is 6.45. The van der Waals surface area contributed by atoms with Gasteiger partial charge in [0.05, 0.1) is 0 Å². The normalized spacial score (nSPS) is 14.2. The number of hydrogen-bond acceptors (Lipinski definition) is 1. The highest BCUT2D eigenvalue weighted by Gasteiger charge is 2.25. The Hall–Kier alpha value is -1.21. The average molecular weight is 256 g/mol. The molecule has 94 valence electrons. The number of thioether (sulfide) groups is 1. The standard InChI is InChI=1S/C17H20S/c1-4-17(3,15-8-6-5-7-9-15)18-16-12-10-14(2)11-13-16/h5-13H,4H2,1-3H3/t17-/m1/s1. The van der Waals surface area contributed by atoms with E-state index in [9.17, 15) is 0 Å². The Bertz CT molecular complexity index is 487. The summed E-state index contributed by atoms with van der Waals surface area (Å²) in [6.45, 7) is 6.71. The molecule has 0 nitrogen and oxygen atoms in total. The number of benzene rings is 2. The summed E-state index contributed by atoms with van der Waals surface area (Å²) in [5.41, 5.74) is 2.72. The lowest BCUT2D eigenvalue weighted by molar-refractivity contribution is 0.664. The first-order valence-corrected chi connectivity index (χ1v) is 7.27. The van der Waals surface area contributed by atoms with E-state index in [0.717, 1.165) is 6.42 Å². The first kappa shape index (κ1) is 13.2. The van der Waals surface area contributed by atoms with Gasteiger partial charge in [0.2, 0.25) is 0 Å². The second-order valence-electron chi connectivity index (χ2n) is 4.87. The van der Waals surface area contributed by atoms with Crippen molar-refractivity contribution in [2.45, 2.75) is 36.8 Å². The summed E-state index contributed by atoms with van der Waals surface area (Å²) in [4.78, 5) is 1.34. The van der Waals surface area contributed by atoms with Crippen LogP contribution in [0.25, 0.3) is 0 Å². The summed E-state index contributed by atoms with van der Waals surface area (Å²) >= 11 is 1.95. The molecule has 0 bridgehead atoms. The van der Waals surface area contributed by atoms with E-state index >= 15 is 0 Å². The summed E-state index contributed by atoms with van der Waals surface area (Å²) in [7, 11) is 0. The predicted molar refractivity (Wildman–Crippen MR) is 81.1 cm³/mol. The van der Waals surface area contributed by atoms with Crippen molar-refractivity contribution in [3.8, 4) is 0 Å². The molecule has 0 amide bonds. The van der Waals surface area contributed by atoms with E-state index in [1.54, 1.807) is 0 Å². The zero-order valence-electron chi connectivity index (χ0n) is 11.3. The zero-order chi connectivity index (χ0) is 13.0. The van der Waals surface area contributed by atoms with Crippen LogP contribution in [0.15, 0.2) is 59.5 Å². The fourth-order valence-electron chi connectivity index (χ4n) is 1.99. The Kier molecular flexibility index (Phi) is 4.13. The van der Waals surface area contributed by atoms with E-state index in [1.807, 2.05) is 11.8 Å². The van der Waals surface area contributed by atoms with Crippen molar-refractivity contribution in [3.63, 3.8) is 0 Å². The second kappa shape index (κ2) is 5.62. The topological polar surface area (TPSA) is 0 Å². The minimum Gasteiger partial charge on any atom is -0.115 e. The molecule has 0 fully saturated rings. The number of rotatable bonds is 4. The van der Waals surface area contributed by atoms with Crippen LogP contribution in [0.1, 0.15) is 31.4 Å². The van der Waals surface area contributed by atoms with E-state index in [0.29, 0.717) is 0 Å². The van der Waals surface area contributed by atoms with Gasteiger partial charge in [0.15, 0.2) is 0 Å². The Labute approximate surface area is 114 Å². The highest BCUT2D eigenvalue weighted by molar-refractivity contribution is 8.00. The van der Waals surface area contributed by atoms with Gasteiger partial charge in [-0.1, -0.05) is 55.0 Å². The molecular formula is C17H20S. The van der Waals surface area contributed by atoms with Crippen molar-refractivity contribution in [1.82, 2.24) is 0 Å². The van der Waals surface area contributed by atoms with E-state index < -0.39 is 0 Å². The van der Waals surface area contributed by atoms with Gasteiger partial charge in [-0.3, -0.25) is 0 Å². The highest BCUT2D eigenvalue weighted by atomic mass is 32.2. The third-order valence-corrected chi connectivity index (χ3v) is 4.91. The van der Waals surface area contributed by atoms with E-state index in [-0.39, 0.29) is 4.75 Å². The molecule has 18 heavy (non-hydrogen) atoms. The largest absolute Gasteiger partial charge is 0.115 e. The van der Waals surface area contributed by atoms with Crippen LogP contribution >= 0.6 is 11.8 Å². The molecule has 0 aliphatic carbocycles. The molecule has 2 aromatic rings. The third kappa shape index (κ3) is 2.97. The van der Waals surface area contributed by atoms with Crippen molar-refractivity contribution in [2.24, 2.45) is 0 Å². The first-order chi connectivity index (χ1) is 8.64. The van der Waals surface area contributed by atoms with Crippen molar-refractivity contribution < 1.29 is 0 Å². The lowest BCUT2D eigenvalue weighted by Crippen LogP contribution is -2.15. The van der Waals surface area contributed by atoms with Crippen LogP contribution in [-0.2, 0) is 4.75 Å². The number of hydrogen-bond donors (Lipinski definition) is 0. The van der Waals surface area contributed by atoms with Crippen LogP contribution in [0.2, 0.25) is 0 Å². The molecule has 0 spiro atoms. The van der Waals surface area contributed by atoms with Crippen LogP contribution in [0, 0.1) is 6.92 Å². The molecule has 0 heterocycles. The van der Waals surface area contributed by atoms with Crippen molar-refractivity contribution in [2.75, 3.05) is 0 Å². The fourth-order valence-corrected chi connectivity index (χ4v) is 3.18. The van der Waals surface area contributed by atoms with Gasteiger partial charge >= 0.3 is 0 Å². The van der Waals surface area contributed by atoms with Crippen LogP contribution in [0.3, 0.4) is 0 Å². The molecule has 0 aliphatic heterocycles. The number of aryl methyl sites for hydroxylation is 1. The van der Waals surface area contributed by atoms with Gasteiger partial charge in [0, 0.05) is 9.64 Å². The smallest absolute Gasteiger partial charge is 0.0424 e. The monoisotopic (exact) mass is 256 g/mol.